The molecule has 4 rings (SSSR count). The van der Waals surface area contributed by atoms with Gasteiger partial charge in [0.2, 0.25) is 5.91 Å². The lowest BCUT2D eigenvalue weighted by molar-refractivity contribution is -0.117. The van der Waals surface area contributed by atoms with E-state index in [0.717, 1.165) is 34.0 Å². The zero-order valence-corrected chi connectivity index (χ0v) is 17.7. The van der Waals surface area contributed by atoms with Crippen LogP contribution in [0.15, 0.2) is 30.5 Å². The number of halogens is 2. The summed E-state index contributed by atoms with van der Waals surface area (Å²) in [6, 6.07) is 6.20. The molecular weight excluding hydrogens is 419 g/mol. The van der Waals surface area contributed by atoms with Gasteiger partial charge in [-0.1, -0.05) is 24.2 Å². The summed E-state index contributed by atoms with van der Waals surface area (Å²) >= 11 is 5.91. The van der Waals surface area contributed by atoms with Crippen molar-refractivity contribution in [3.8, 4) is 0 Å². The second-order valence-electron chi connectivity index (χ2n) is 7.55. The maximum atomic E-state index is 13.5. The molecule has 3 aromatic rings. The second-order valence-corrected chi connectivity index (χ2v) is 7.99. The average molecular weight is 445 g/mol. The number of hydrogen-bond donors (Lipinski definition) is 1. The van der Waals surface area contributed by atoms with Gasteiger partial charge in [-0.05, 0) is 56.5 Å². The molecule has 1 N–H and O–H groups in total. The number of fused-ring (bicyclic) bond motifs is 1. The number of nitrogens with one attached hydrogen (secondary N) is 1. The Bertz CT molecular complexity index is 1100. The maximum absolute atomic E-state index is 13.5. The van der Waals surface area contributed by atoms with Gasteiger partial charge in [-0.15, -0.1) is 5.10 Å². The fourth-order valence-corrected chi connectivity index (χ4v) is 3.81. The Morgan fingerprint density at radius 2 is 1.94 bits per heavy atom. The summed E-state index contributed by atoms with van der Waals surface area (Å²) in [7, 11) is 1.91. The summed E-state index contributed by atoms with van der Waals surface area (Å²) < 4.78 is 15.2. The van der Waals surface area contributed by atoms with Gasteiger partial charge in [-0.25, -0.2) is 9.07 Å². The summed E-state index contributed by atoms with van der Waals surface area (Å²) in [6.45, 7) is 4.16. The Kier molecular flexibility index (Phi) is 6.59. The van der Waals surface area contributed by atoms with Gasteiger partial charge in [0.1, 0.15) is 11.9 Å². The molecule has 0 aliphatic carbocycles. The van der Waals surface area contributed by atoms with Gasteiger partial charge in [0.15, 0.2) is 0 Å². The van der Waals surface area contributed by atoms with Crippen molar-refractivity contribution in [3.05, 3.63) is 63.9 Å². The van der Waals surface area contributed by atoms with E-state index in [4.69, 9.17) is 11.6 Å². The van der Waals surface area contributed by atoms with E-state index < -0.39 is 0 Å². The highest BCUT2D eigenvalue weighted by Crippen LogP contribution is 2.33. The highest BCUT2D eigenvalue weighted by Gasteiger charge is 2.28. The van der Waals surface area contributed by atoms with E-state index in [2.05, 4.69) is 20.6 Å². The van der Waals surface area contributed by atoms with Gasteiger partial charge in [0.05, 0.1) is 29.3 Å². The smallest absolute Gasteiger partial charge is 0.246 e. The van der Waals surface area contributed by atoms with Gasteiger partial charge < -0.3 is 10.2 Å². The number of anilines is 2. The largest absolute Gasteiger partial charge is 0.361 e. The molecule has 0 bridgehead atoms. The highest BCUT2D eigenvalue weighted by atomic mass is 35.5. The van der Waals surface area contributed by atoms with Crippen LogP contribution in [0.4, 0.5) is 15.8 Å². The number of likely N-dealkylation sites (N-methyl/N-ethyl adjacent to an activating group) is 1. The van der Waals surface area contributed by atoms with Crippen molar-refractivity contribution in [3.63, 3.8) is 0 Å². The van der Waals surface area contributed by atoms with Gasteiger partial charge in [-0.2, -0.15) is 0 Å². The molecule has 1 atom stereocenters. The van der Waals surface area contributed by atoms with E-state index in [1.54, 1.807) is 10.7 Å². The molecule has 3 heterocycles. The number of hydrogen-bond acceptors (Lipinski definition) is 5. The van der Waals surface area contributed by atoms with Crippen molar-refractivity contribution >= 4 is 28.9 Å². The first-order valence-electron chi connectivity index (χ1n) is 9.68. The SMILES string of the molecule is C.Cc1nc(CCc2cn(Cc3cc(F)cc(Cl)c3)nn2)cc2c1NC(=O)[C@H](C)N2C. The maximum Gasteiger partial charge on any atom is 0.246 e. The van der Waals surface area contributed by atoms with Crippen molar-refractivity contribution in [1.29, 1.82) is 0 Å². The lowest BCUT2D eigenvalue weighted by Crippen LogP contribution is -2.44. The Labute approximate surface area is 186 Å². The molecule has 1 aliphatic heterocycles. The first kappa shape index (κ1) is 22.7. The van der Waals surface area contributed by atoms with Crippen LogP contribution in [0.1, 0.15) is 37.0 Å². The quantitative estimate of drug-likeness (QED) is 0.643. The predicted octanol–water partition coefficient (Wildman–Crippen LogP) is 4.02. The van der Waals surface area contributed by atoms with Crippen molar-refractivity contribution in [1.82, 2.24) is 20.0 Å². The number of rotatable bonds is 5. The van der Waals surface area contributed by atoms with Crippen LogP contribution in [0.5, 0.6) is 0 Å². The molecule has 31 heavy (non-hydrogen) atoms. The third-order valence-corrected chi connectivity index (χ3v) is 5.53. The van der Waals surface area contributed by atoms with E-state index in [-0.39, 0.29) is 25.2 Å². The van der Waals surface area contributed by atoms with Crippen molar-refractivity contribution in [2.75, 3.05) is 17.3 Å². The van der Waals surface area contributed by atoms with Crippen LogP contribution in [0.25, 0.3) is 0 Å². The molecule has 2 aromatic heterocycles. The van der Waals surface area contributed by atoms with Gasteiger partial charge >= 0.3 is 0 Å². The standard InChI is InChI=1S/C21H22ClFN6O.CH4/c1-12-20-19(28(3)13(2)21(30)25-20)9-17(24-12)4-5-18-11-29(27-26-18)10-14-6-15(22)8-16(23)7-14;/h6-9,11,13H,4-5,10H2,1-3H3,(H,25,30);1H4/t13-;/m0./s1. The topological polar surface area (TPSA) is 75.9 Å². The van der Waals surface area contributed by atoms with Crippen LogP contribution in [-0.4, -0.2) is 39.0 Å². The predicted molar refractivity (Wildman–Crippen MR) is 120 cm³/mol. The fourth-order valence-electron chi connectivity index (χ4n) is 3.57. The molecule has 7 nitrogen and oxygen atoms in total. The van der Waals surface area contributed by atoms with Crippen LogP contribution in [-0.2, 0) is 24.2 Å². The first-order valence-corrected chi connectivity index (χ1v) is 10.1. The summed E-state index contributed by atoms with van der Waals surface area (Å²) in [5.41, 5.74) is 5.00. The minimum Gasteiger partial charge on any atom is -0.361 e. The van der Waals surface area contributed by atoms with Crippen LogP contribution >= 0.6 is 11.6 Å². The number of carbonyl (C=O) groups excluding carboxylic acids is 1. The summed E-state index contributed by atoms with van der Waals surface area (Å²) in [6.07, 6.45) is 3.20. The molecule has 0 fully saturated rings. The van der Waals surface area contributed by atoms with Gasteiger partial charge in [0, 0.05) is 24.0 Å². The number of aromatic nitrogens is 4. The van der Waals surface area contributed by atoms with E-state index in [0.29, 0.717) is 24.4 Å². The van der Waals surface area contributed by atoms with Crippen molar-refractivity contribution in [2.45, 2.75) is 46.7 Å². The lowest BCUT2D eigenvalue weighted by atomic mass is 10.1. The number of benzene rings is 1. The Balaban J connectivity index is 0.00000272. The highest BCUT2D eigenvalue weighted by molar-refractivity contribution is 6.30. The monoisotopic (exact) mass is 444 g/mol. The minimum absolute atomic E-state index is 0. The molecular formula is C22H26ClFN6O. The van der Waals surface area contributed by atoms with Gasteiger partial charge in [0.25, 0.3) is 0 Å². The molecule has 0 spiro atoms. The van der Waals surface area contributed by atoms with Crippen LogP contribution in [0, 0.1) is 12.7 Å². The molecule has 0 saturated carbocycles. The molecule has 0 unspecified atom stereocenters. The Morgan fingerprint density at radius 1 is 1.19 bits per heavy atom. The van der Waals surface area contributed by atoms with E-state index in [9.17, 15) is 9.18 Å². The third-order valence-electron chi connectivity index (χ3n) is 5.31. The molecule has 164 valence electrons. The van der Waals surface area contributed by atoms with E-state index in [1.165, 1.54) is 12.1 Å². The van der Waals surface area contributed by atoms with Crippen LogP contribution in [0.3, 0.4) is 0 Å². The summed E-state index contributed by atoms with van der Waals surface area (Å²) in [5, 5.41) is 11.6. The van der Waals surface area contributed by atoms with Crippen molar-refractivity contribution < 1.29 is 9.18 Å². The third kappa shape index (κ3) is 4.85. The average Bonchev–Trinajstić information content (AvgIpc) is 3.12. The van der Waals surface area contributed by atoms with Gasteiger partial charge in [-0.3, -0.25) is 9.78 Å². The summed E-state index contributed by atoms with van der Waals surface area (Å²) in [5.74, 6) is -0.402. The zero-order valence-electron chi connectivity index (χ0n) is 17.0. The second kappa shape index (κ2) is 9.01. The molecule has 0 saturated heterocycles. The molecule has 1 aliphatic rings. The number of pyridine rings is 1. The normalized spacial score (nSPS) is 15.3. The number of carbonyl (C=O) groups is 1. The number of nitrogens with zero attached hydrogens (tertiary/aromatic N) is 5. The molecule has 1 aromatic carbocycles. The lowest BCUT2D eigenvalue weighted by Gasteiger charge is -2.34. The zero-order chi connectivity index (χ0) is 21.4. The number of amides is 1. The first-order chi connectivity index (χ1) is 14.3. The van der Waals surface area contributed by atoms with E-state index in [1.807, 2.05) is 38.1 Å². The van der Waals surface area contributed by atoms with Crippen LogP contribution in [0.2, 0.25) is 5.02 Å². The van der Waals surface area contributed by atoms with Crippen LogP contribution < -0.4 is 10.2 Å². The van der Waals surface area contributed by atoms with E-state index >= 15 is 0 Å². The Hall–Kier alpha value is -3.00. The molecule has 1 amide bonds. The molecule has 9 heteroatoms. The molecule has 0 radical (unpaired) electrons. The Morgan fingerprint density at radius 3 is 2.68 bits per heavy atom. The van der Waals surface area contributed by atoms with Crippen molar-refractivity contribution in [2.24, 2.45) is 0 Å². The summed E-state index contributed by atoms with van der Waals surface area (Å²) in [4.78, 5) is 18.7. The fraction of sp³-hybridized carbons (Fsp3) is 0.364. The minimum atomic E-state index is -0.373. The number of aryl methyl sites for hydroxylation is 3.